The van der Waals surface area contributed by atoms with Crippen LogP contribution in [-0.2, 0) is 18.6 Å². The fraction of sp³-hybridized carbons (Fsp3) is 1.00. The van der Waals surface area contributed by atoms with E-state index in [0.29, 0.717) is 0 Å². The monoisotopic (exact) mass is 237 g/mol. The smallest absolute Gasteiger partial charge is 0.147 e. The van der Waals surface area contributed by atoms with E-state index in [0.717, 1.165) is 6.66 Å². The fourth-order valence-corrected chi connectivity index (χ4v) is 2.09. The maximum Gasteiger partial charge on any atom is 0.147 e. The van der Waals surface area contributed by atoms with Gasteiger partial charge in [-0.05, 0) is 0 Å². The summed E-state index contributed by atoms with van der Waals surface area (Å²) in [5, 5.41) is 0. The van der Waals surface area contributed by atoms with Gasteiger partial charge >= 0.3 is 0 Å². The lowest BCUT2D eigenvalue weighted by Crippen LogP contribution is -2.35. The maximum absolute atomic E-state index is 13.4. The van der Waals surface area contributed by atoms with Gasteiger partial charge < -0.3 is 23.5 Å². The van der Waals surface area contributed by atoms with E-state index >= 15 is 0 Å². The zero-order valence-electron chi connectivity index (χ0n) is 8.46. The molecule has 8 heteroatoms. The van der Waals surface area contributed by atoms with Gasteiger partial charge in [0.2, 0.25) is 0 Å². The Labute approximate surface area is 88.8 Å². The van der Waals surface area contributed by atoms with Gasteiger partial charge in [0.05, 0.1) is 12.6 Å². The summed E-state index contributed by atoms with van der Waals surface area (Å²) in [6, 6.07) is -1.18. The van der Waals surface area contributed by atoms with Crippen LogP contribution in [0.5, 0.6) is 0 Å². The van der Waals surface area contributed by atoms with Crippen LogP contribution < -0.4 is 4.89 Å². The molecule has 86 valence electrons. The first-order valence-electron chi connectivity index (χ1n) is 4.36. The molecule has 15 heavy (non-hydrogen) atoms. The summed E-state index contributed by atoms with van der Waals surface area (Å²) >= 11 is 0. The molecule has 0 aromatic rings. The Morgan fingerprint density at radius 3 is 2.73 bits per heavy atom. The van der Waals surface area contributed by atoms with Crippen molar-refractivity contribution in [2.24, 2.45) is 0 Å². The van der Waals surface area contributed by atoms with Crippen LogP contribution in [-0.4, -0.2) is 52.6 Å². The first-order chi connectivity index (χ1) is 6.85. The lowest BCUT2D eigenvalue weighted by atomic mass is 9.94. The second kappa shape index (κ2) is 4.93. The summed E-state index contributed by atoms with van der Waals surface area (Å²) in [6.45, 7) is 0.895. The molecular formula is C7H12BFO5P-. The lowest BCUT2D eigenvalue weighted by Gasteiger charge is -2.26. The topological polar surface area (TPSA) is 67.8 Å². The number of hydrogen-bond donors (Lipinski definition) is 0. The first kappa shape index (κ1) is 13.1. The summed E-state index contributed by atoms with van der Waals surface area (Å²) in [5.74, 6) is 0. The van der Waals surface area contributed by atoms with E-state index in [1.807, 2.05) is 0 Å². The van der Waals surface area contributed by atoms with Gasteiger partial charge in [-0.1, -0.05) is 0 Å². The summed E-state index contributed by atoms with van der Waals surface area (Å²) in [6.07, 6.45) is -3.71. The van der Waals surface area contributed by atoms with Crippen molar-refractivity contribution < 1.29 is 27.8 Å². The van der Waals surface area contributed by atoms with Gasteiger partial charge in [0.1, 0.15) is 33.8 Å². The molecule has 0 saturated carbocycles. The third-order valence-corrected chi connectivity index (χ3v) is 2.60. The Kier molecular flexibility index (Phi) is 4.32. The van der Waals surface area contributed by atoms with E-state index in [4.69, 9.17) is 17.3 Å². The molecule has 3 unspecified atom stereocenters. The standard InChI is InChI=1S/C7H13BFO5P/c1-12-3-4-6(14-15(2,10)11)5(9)7(8)13-4/h4-7H,3H2,1-2H3,(H,10,11)/p-1/t4-,5?,6?,7-/m1/s1. The molecule has 1 rings (SSSR count). The molecule has 1 heterocycles. The zero-order chi connectivity index (χ0) is 11.6. The van der Waals surface area contributed by atoms with Gasteiger partial charge in [-0.2, -0.15) is 0 Å². The molecule has 0 N–H and O–H groups in total. The minimum absolute atomic E-state index is 0.0266. The molecule has 0 spiro atoms. The number of halogens is 1. The van der Waals surface area contributed by atoms with Crippen LogP contribution in [0.2, 0.25) is 0 Å². The lowest BCUT2D eigenvalue weighted by molar-refractivity contribution is -0.203. The molecule has 1 saturated heterocycles. The summed E-state index contributed by atoms with van der Waals surface area (Å²) in [5.41, 5.74) is 0. The Bertz CT molecular complexity index is 260. The fourth-order valence-electron chi connectivity index (χ4n) is 1.39. The van der Waals surface area contributed by atoms with Crippen molar-refractivity contribution in [2.45, 2.75) is 24.4 Å². The molecule has 0 bridgehead atoms. The predicted molar refractivity (Wildman–Crippen MR) is 49.6 cm³/mol. The molecule has 5 atom stereocenters. The van der Waals surface area contributed by atoms with Crippen LogP contribution in [0.3, 0.4) is 0 Å². The van der Waals surface area contributed by atoms with Crippen molar-refractivity contribution in [1.82, 2.24) is 0 Å². The Hall–Kier alpha value is 0.0649. The van der Waals surface area contributed by atoms with Crippen molar-refractivity contribution in [3.05, 3.63) is 0 Å². The second-order valence-corrected chi connectivity index (χ2v) is 5.13. The third-order valence-electron chi connectivity index (χ3n) is 1.97. The minimum Gasteiger partial charge on any atom is -0.779 e. The predicted octanol–water partition coefficient (Wildman–Crippen LogP) is -0.567. The summed E-state index contributed by atoms with van der Waals surface area (Å²) < 4.78 is 38.6. The largest absolute Gasteiger partial charge is 0.779 e. The van der Waals surface area contributed by atoms with Crippen LogP contribution in [0.15, 0.2) is 0 Å². The highest BCUT2D eigenvalue weighted by molar-refractivity contribution is 7.50. The van der Waals surface area contributed by atoms with Gasteiger partial charge in [-0.25, -0.2) is 4.39 Å². The normalized spacial score (nSPS) is 40.3. The zero-order valence-corrected chi connectivity index (χ0v) is 9.35. The SMILES string of the molecule is [B][C@@H]1O[C@H](COC)C(OP(C)(=O)[O-])C1F. The average molecular weight is 237 g/mol. The van der Waals surface area contributed by atoms with Crippen LogP contribution >= 0.6 is 7.60 Å². The van der Waals surface area contributed by atoms with Crippen molar-refractivity contribution in [2.75, 3.05) is 20.4 Å². The molecule has 5 nitrogen and oxygen atoms in total. The minimum atomic E-state index is -4.02. The Balaban J connectivity index is 2.68. The molecule has 0 amide bonds. The van der Waals surface area contributed by atoms with Crippen molar-refractivity contribution in [3.8, 4) is 0 Å². The number of alkyl halides is 1. The number of ether oxygens (including phenoxy) is 2. The van der Waals surface area contributed by atoms with Crippen molar-refractivity contribution in [1.29, 1.82) is 0 Å². The van der Waals surface area contributed by atoms with E-state index in [2.05, 4.69) is 4.52 Å². The molecule has 0 aromatic carbocycles. The van der Waals surface area contributed by atoms with Crippen molar-refractivity contribution >= 4 is 15.4 Å². The van der Waals surface area contributed by atoms with Gasteiger partial charge in [-0.3, -0.25) is 0 Å². The van der Waals surface area contributed by atoms with E-state index in [-0.39, 0.29) is 6.61 Å². The molecule has 1 aliphatic heterocycles. The Morgan fingerprint density at radius 1 is 1.67 bits per heavy atom. The first-order valence-corrected chi connectivity index (χ1v) is 6.35. The molecular weight excluding hydrogens is 225 g/mol. The van der Waals surface area contributed by atoms with Crippen molar-refractivity contribution in [3.63, 3.8) is 0 Å². The molecule has 1 fully saturated rings. The maximum atomic E-state index is 13.4. The third kappa shape index (κ3) is 3.54. The van der Waals surface area contributed by atoms with E-state index in [1.165, 1.54) is 7.11 Å². The van der Waals surface area contributed by atoms with Gasteiger partial charge in [0.15, 0.2) is 0 Å². The quantitative estimate of drug-likeness (QED) is 0.483. The Morgan fingerprint density at radius 2 is 2.27 bits per heavy atom. The summed E-state index contributed by atoms with van der Waals surface area (Å²) in [4.78, 5) is 10.9. The molecule has 0 aromatic heterocycles. The second-order valence-electron chi connectivity index (χ2n) is 3.38. The van der Waals surface area contributed by atoms with Gasteiger partial charge in [-0.15, -0.1) is 0 Å². The molecule has 1 aliphatic rings. The molecule has 2 radical (unpaired) electrons. The number of methoxy groups -OCH3 is 1. The van der Waals surface area contributed by atoms with Crippen LogP contribution in [0.4, 0.5) is 4.39 Å². The van der Waals surface area contributed by atoms with E-state index in [9.17, 15) is 13.8 Å². The number of rotatable bonds is 4. The highest BCUT2D eigenvalue weighted by Crippen LogP contribution is 2.39. The highest BCUT2D eigenvalue weighted by atomic mass is 31.2. The average Bonchev–Trinajstić information content (AvgIpc) is 2.32. The van der Waals surface area contributed by atoms with Crippen LogP contribution in [0.1, 0.15) is 0 Å². The summed E-state index contributed by atoms with van der Waals surface area (Å²) in [7, 11) is 2.65. The van der Waals surface area contributed by atoms with Crippen LogP contribution in [0.25, 0.3) is 0 Å². The van der Waals surface area contributed by atoms with Gasteiger partial charge in [0.25, 0.3) is 0 Å². The van der Waals surface area contributed by atoms with Gasteiger partial charge in [0, 0.05) is 13.8 Å². The molecule has 0 aliphatic carbocycles. The van der Waals surface area contributed by atoms with E-state index < -0.39 is 32.0 Å². The number of hydrogen-bond acceptors (Lipinski definition) is 5. The van der Waals surface area contributed by atoms with E-state index in [1.54, 1.807) is 0 Å². The highest BCUT2D eigenvalue weighted by Gasteiger charge is 2.44. The van der Waals surface area contributed by atoms with Crippen LogP contribution in [0, 0.1) is 0 Å².